The summed E-state index contributed by atoms with van der Waals surface area (Å²) in [4.78, 5) is 9.58. The molecule has 1 aliphatic carbocycles. The average molecular weight is 407 g/mol. The Bertz CT molecular complexity index is 804. The maximum absolute atomic E-state index is 14.7. The minimum Gasteiger partial charge on any atom is -0.481 e. The average Bonchev–Trinajstić information content (AvgIpc) is 2.57. The van der Waals surface area contributed by atoms with Crippen LogP contribution in [-0.2, 0) is 14.6 Å². The van der Waals surface area contributed by atoms with Gasteiger partial charge in [0, 0.05) is 11.6 Å². The van der Waals surface area contributed by atoms with Gasteiger partial charge in [-0.1, -0.05) is 32.1 Å². The summed E-state index contributed by atoms with van der Waals surface area (Å²) < 4.78 is 68.2. The van der Waals surface area contributed by atoms with E-state index < -0.39 is 61.6 Å². The van der Waals surface area contributed by atoms with Crippen LogP contribution < -0.4 is 5.32 Å². The van der Waals surface area contributed by atoms with Gasteiger partial charge in [0.05, 0.1) is 17.9 Å². The Morgan fingerprint density at radius 3 is 2.15 bits per heavy atom. The number of hydrogen-bond donors (Lipinski definition) is 2. The van der Waals surface area contributed by atoms with Gasteiger partial charge >= 0.3 is 5.97 Å². The van der Waals surface area contributed by atoms with E-state index in [0.717, 1.165) is 39.0 Å². The van der Waals surface area contributed by atoms with Gasteiger partial charge in [-0.2, -0.15) is 0 Å². The summed E-state index contributed by atoms with van der Waals surface area (Å²) >= 11 is 0. The number of halogens is 3. The summed E-state index contributed by atoms with van der Waals surface area (Å²) in [6.07, 6.45) is 5.36. The minimum atomic E-state index is -4.54. The Kier molecular flexibility index (Phi) is 7.13. The third-order valence-corrected chi connectivity index (χ3v) is 6.59. The zero-order valence-corrected chi connectivity index (χ0v) is 16.0. The molecule has 1 aromatic carbocycles. The van der Waals surface area contributed by atoms with Crippen molar-refractivity contribution in [2.75, 3.05) is 11.1 Å². The van der Waals surface area contributed by atoms with E-state index in [4.69, 9.17) is 5.11 Å². The minimum absolute atomic E-state index is 0.266. The fraction of sp³-hybridized carbons (Fsp3) is 0.611. The van der Waals surface area contributed by atoms with Crippen LogP contribution in [0.1, 0.15) is 56.9 Å². The van der Waals surface area contributed by atoms with Crippen LogP contribution in [0.2, 0.25) is 0 Å². The number of rotatable bonds is 6. The van der Waals surface area contributed by atoms with Crippen molar-refractivity contribution in [2.24, 2.45) is 0 Å². The summed E-state index contributed by atoms with van der Waals surface area (Å²) in [5.41, 5.74) is -1.21. The van der Waals surface area contributed by atoms with E-state index in [1.54, 1.807) is 0 Å². The van der Waals surface area contributed by atoms with E-state index in [0.29, 0.717) is 12.8 Å². The van der Waals surface area contributed by atoms with Gasteiger partial charge in [0.1, 0.15) is 4.90 Å². The summed E-state index contributed by atoms with van der Waals surface area (Å²) in [6, 6.07) is -0.266. The molecule has 1 fully saturated rings. The fourth-order valence-electron chi connectivity index (χ4n) is 3.31. The van der Waals surface area contributed by atoms with Crippen molar-refractivity contribution in [1.82, 2.24) is 0 Å². The molecule has 0 bridgehead atoms. The number of benzene rings is 1. The maximum atomic E-state index is 14.7. The molecule has 2 N–H and O–H groups in total. The second kappa shape index (κ2) is 8.95. The zero-order valence-electron chi connectivity index (χ0n) is 15.2. The molecule has 0 spiro atoms. The van der Waals surface area contributed by atoms with Gasteiger partial charge in [0.15, 0.2) is 27.3 Å². The molecule has 152 valence electrons. The highest BCUT2D eigenvalue weighted by Crippen LogP contribution is 2.35. The summed E-state index contributed by atoms with van der Waals surface area (Å²) in [7, 11) is -4.54. The molecule has 1 aromatic rings. The SMILES string of the molecule is Cc1c(F)c(F)c(S(=O)(=O)CCC(=O)O)c(NC2CCCCCCC2)c1F. The summed E-state index contributed by atoms with van der Waals surface area (Å²) in [6.45, 7) is 1.03. The van der Waals surface area contributed by atoms with Crippen LogP contribution in [0.3, 0.4) is 0 Å². The van der Waals surface area contributed by atoms with Gasteiger partial charge in [0.2, 0.25) is 0 Å². The first kappa shape index (κ1) is 21.5. The Morgan fingerprint density at radius 2 is 1.59 bits per heavy atom. The van der Waals surface area contributed by atoms with Crippen molar-refractivity contribution >= 4 is 21.5 Å². The summed E-state index contributed by atoms with van der Waals surface area (Å²) in [5, 5.41) is 11.5. The molecule has 0 aliphatic heterocycles. The quantitative estimate of drug-likeness (QED) is 0.691. The van der Waals surface area contributed by atoms with E-state index in [2.05, 4.69) is 5.32 Å². The van der Waals surface area contributed by atoms with E-state index >= 15 is 0 Å². The molecule has 0 atom stereocenters. The second-order valence-corrected chi connectivity index (χ2v) is 8.97. The van der Waals surface area contributed by atoms with Crippen LogP contribution in [0.5, 0.6) is 0 Å². The number of anilines is 1. The van der Waals surface area contributed by atoms with Crippen molar-refractivity contribution in [3.05, 3.63) is 23.0 Å². The molecule has 0 amide bonds. The Labute approximate surface area is 156 Å². The number of carboxylic acid groups (broad SMARTS) is 1. The molecular weight excluding hydrogens is 383 g/mol. The van der Waals surface area contributed by atoms with Crippen LogP contribution >= 0.6 is 0 Å². The van der Waals surface area contributed by atoms with Crippen LogP contribution in [0, 0.1) is 24.4 Å². The molecule has 5 nitrogen and oxygen atoms in total. The van der Waals surface area contributed by atoms with Gasteiger partial charge in [0.25, 0.3) is 0 Å². The first-order chi connectivity index (χ1) is 12.6. The number of nitrogens with one attached hydrogen (secondary N) is 1. The van der Waals surface area contributed by atoms with E-state index in [1.807, 2.05) is 0 Å². The first-order valence-corrected chi connectivity index (χ1v) is 10.7. The van der Waals surface area contributed by atoms with Gasteiger partial charge in [-0.3, -0.25) is 4.79 Å². The highest BCUT2D eigenvalue weighted by atomic mass is 32.2. The topological polar surface area (TPSA) is 83.5 Å². The number of carboxylic acids is 1. The highest BCUT2D eigenvalue weighted by molar-refractivity contribution is 7.91. The lowest BCUT2D eigenvalue weighted by Crippen LogP contribution is -2.25. The van der Waals surface area contributed by atoms with Gasteiger partial charge in [-0.05, 0) is 19.8 Å². The molecule has 1 aliphatic rings. The molecule has 1 saturated carbocycles. The molecule has 27 heavy (non-hydrogen) atoms. The Balaban J connectivity index is 2.49. The molecule has 0 unspecified atom stereocenters. The van der Waals surface area contributed by atoms with E-state index in [-0.39, 0.29) is 6.04 Å². The van der Waals surface area contributed by atoms with Crippen molar-refractivity contribution in [3.63, 3.8) is 0 Å². The largest absolute Gasteiger partial charge is 0.481 e. The van der Waals surface area contributed by atoms with Gasteiger partial charge < -0.3 is 10.4 Å². The molecule has 0 heterocycles. The number of hydrogen-bond acceptors (Lipinski definition) is 4. The van der Waals surface area contributed by atoms with Crippen molar-refractivity contribution in [2.45, 2.75) is 69.2 Å². The first-order valence-electron chi connectivity index (χ1n) is 9.03. The number of aliphatic carboxylic acids is 1. The zero-order chi connectivity index (χ0) is 20.2. The van der Waals surface area contributed by atoms with Crippen molar-refractivity contribution in [3.8, 4) is 0 Å². The molecule has 2 rings (SSSR count). The monoisotopic (exact) mass is 407 g/mol. The standard InChI is InChI=1S/C18H24F3NO4S/c1-11-14(19)16(21)18(27(25,26)10-9-13(23)24)17(15(11)20)22-12-7-5-3-2-4-6-8-12/h12,22H,2-10H2,1H3,(H,23,24). The van der Waals surface area contributed by atoms with Gasteiger partial charge in [-0.25, -0.2) is 21.6 Å². The lowest BCUT2D eigenvalue weighted by atomic mass is 9.96. The molecule has 0 radical (unpaired) electrons. The third-order valence-electron chi connectivity index (χ3n) is 4.85. The normalized spacial score (nSPS) is 16.6. The second-order valence-electron chi connectivity index (χ2n) is 6.92. The van der Waals surface area contributed by atoms with Gasteiger partial charge in [-0.15, -0.1) is 0 Å². The highest BCUT2D eigenvalue weighted by Gasteiger charge is 2.32. The Hall–Kier alpha value is -1.77. The maximum Gasteiger partial charge on any atom is 0.304 e. The predicted molar refractivity (Wildman–Crippen MR) is 95.1 cm³/mol. The molecule has 0 aromatic heterocycles. The fourth-order valence-corrected chi connectivity index (χ4v) is 4.78. The van der Waals surface area contributed by atoms with Crippen LogP contribution in [0.25, 0.3) is 0 Å². The summed E-state index contributed by atoms with van der Waals surface area (Å²) in [5.74, 6) is -6.76. The third kappa shape index (κ3) is 5.15. The molecular formula is C18H24F3NO4S. The number of carbonyl (C=O) groups is 1. The molecule has 0 saturated heterocycles. The van der Waals surface area contributed by atoms with E-state index in [1.165, 1.54) is 0 Å². The lowest BCUT2D eigenvalue weighted by molar-refractivity contribution is -0.136. The van der Waals surface area contributed by atoms with Crippen LogP contribution in [-0.4, -0.2) is 31.3 Å². The van der Waals surface area contributed by atoms with Crippen LogP contribution in [0.15, 0.2) is 4.90 Å². The van der Waals surface area contributed by atoms with Crippen molar-refractivity contribution in [1.29, 1.82) is 0 Å². The molecule has 9 heteroatoms. The Morgan fingerprint density at radius 1 is 1.04 bits per heavy atom. The number of sulfone groups is 1. The van der Waals surface area contributed by atoms with E-state index in [9.17, 15) is 26.4 Å². The van der Waals surface area contributed by atoms with Crippen LogP contribution in [0.4, 0.5) is 18.9 Å². The smallest absolute Gasteiger partial charge is 0.304 e. The predicted octanol–water partition coefficient (Wildman–Crippen LogP) is 4.19. The van der Waals surface area contributed by atoms with Crippen molar-refractivity contribution < 1.29 is 31.5 Å². The lowest BCUT2D eigenvalue weighted by Gasteiger charge is -2.25.